The maximum absolute atomic E-state index is 6.35. The Bertz CT molecular complexity index is 976. The molecule has 0 bridgehead atoms. The van der Waals surface area contributed by atoms with E-state index in [2.05, 4.69) is 35.6 Å². The van der Waals surface area contributed by atoms with E-state index in [1.165, 1.54) is 0 Å². The molecule has 1 atom stereocenters. The van der Waals surface area contributed by atoms with Crippen molar-refractivity contribution in [2.75, 3.05) is 46.4 Å². The average molecular weight is 474 g/mol. The maximum atomic E-state index is 6.35. The van der Waals surface area contributed by atoms with Crippen molar-refractivity contribution in [3.8, 4) is 0 Å². The van der Waals surface area contributed by atoms with E-state index in [1.54, 1.807) is 16.7 Å². The van der Waals surface area contributed by atoms with Crippen LogP contribution >= 0.6 is 23.4 Å². The molecule has 1 aromatic heterocycles. The van der Waals surface area contributed by atoms with E-state index in [4.69, 9.17) is 25.7 Å². The minimum atomic E-state index is 0.307. The summed E-state index contributed by atoms with van der Waals surface area (Å²) < 4.78 is 11.9. The Morgan fingerprint density at radius 3 is 2.59 bits per heavy atom. The molecule has 2 aromatic rings. The minimum absolute atomic E-state index is 0.307. The Balaban J connectivity index is 1.37. The number of allylic oxidation sites excluding steroid dienone is 2. The van der Waals surface area contributed by atoms with Crippen LogP contribution in [0.3, 0.4) is 0 Å². The molecule has 0 amide bonds. The Hall–Kier alpha value is -1.77. The molecule has 0 spiro atoms. The Labute approximate surface area is 198 Å². The van der Waals surface area contributed by atoms with Crippen molar-refractivity contribution >= 4 is 28.9 Å². The lowest BCUT2D eigenvalue weighted by Crippen LogP contribution is -3.19. The first-order chi connectivity index (χ1) is 15.7. The molecule has 8 heteroatoms. The molecule has 3 aliphatic rings. The molecule has 3 aliphatic heterocycles. The standard InChI is InChI=1S/C24H29ClN4O2S/c1-28-10-12-29(13-11-28)21-7-2-18(16-26-21)22-24(32-20-5-3-19(25)4-6-20)31-23(27-22)17-8-14-30-15-9-17/h2-7,16-17,21,26H,8-15H2,1H3/p+1. The second-order valence-electron chi connectivity index (χ2n) is 8.70. The van der Waals surface area contributed by atoms with Gasteiger partial charge in [0.1, 0.15) is 5.69 Å². The predicted molar refractivity (Wildman–Crippen MR) is 127 cm³/mol. The molecule has 2 saturated heterocycles. The molecule has 1 unspecified atom stereocenters. The van der Waals surface area contributed by atoms with Crippen molar-refractivity contribution in [3.63, 3.8) is 0 Å². The van der Waals surface area contributed by atoms with Crippen LogP contribution in [-0.2, 0) is 4.74 Å². The number of aromatic nitrogens is 1. The minimum Gasteiger partial charge on any atom is -0.433 e. The van der Waals surface area contributed by atoms with Gasteiger partial charge >= 0.3 is 0 Å². The summed E-state index contributed by atoms with van der Waals surface area (Å²) in [7, 11) is 2.19. The number of oxazole rings is 1. The number of nitrogens with zero attached hydrogens (tertiary/aromatic N) is 2. The molecule has 2 N–H and O–H groups in total. The largest absolute Gasteiger partial charge is 0.433 e. The van der Waals surface area contributed by atoms with Gasteiger partial charge in [0.2, 0.25) is 0 Å². The lowest BCUT2D eigenvalue weighted by atomic mass is 10.0. The van der Waals surface area contributed by atoms with E-state index in [0.717, 1.165) is 84.4 Å². The van der Waals surface area contributed by atoms with Gasteiger partial charge < -0.3 is 19.4 Å². The normalized spacial score (nSPS) is 23.2. The third-order valence-corrected chi connectivity index (χ3v) is 7.66. The van der Waals surface area contributed by atoms with Crippen LogP contribution in [-0.4, -0.2) is 62.5 Å². The molecule has 32 heavy (non-hydrogen) atoms. The summed E-state index contributed by atoms with van der Waals surface area (Å²) in [4.78, 5) is 10.0. The first-order valence-electron chi connectivity index (χ1n) is 11.4. The smallest absolute Gasteiger partial charge is 0.199 e. The molecule has 0 radical (unpaired) electrons. The SMILES string of the molecule is CN1CC[NH+](C2C=CC(c3nc(C4CCOCC4)oc3Sc3ccc(Cl)cc3)=CN2)CC1. The van der Waals surface area contributed by atoms with Crippen LogP contribution in [0, 0.1) is 0 Å². The molecule has 0 aliphatic carbocycles. The van der Waals surface area contributed by atoms with Crippen LogP contribution in [0.1, 0.15) is 30.3 Å². The Morgan fingerprint density at radius 1 is 1.16 bits per heavy atom. The second kappa shape index (κ2) is 10.0. The highest BCUT2D eigenvalue weighted by Gasteiger charge is 2.28. The summed E-state index contributed by atoms with van der Waals surface area (Å²) in [6, 6.07) is 7.85. The van der Waals surface area contributed by atoms with Crippen molar-refractivity contribution in [1.29, 1.82) is 0 Å². The predicted octanol–water partition coefficient (Wildman–Crippen LogP) is 3.03. The number of piperazine rings is 1. The zero-order valence-electron chi connectivity index (χ0n) is 18.4. The fraction of sp³-hybridized carbons (Fsp3) is 0.458. The number of halogens is 1. The highest BCUT2D eigenvalue weighted by atomic mass is 35.5. The highest BCUT2D eigenvalue weighted by molar-refractivity contribution is 7.99. The van der Waals surface area contributed by atoms with Gasteiger partial charge in [-0.2, -0.15) is 0 Å². The van der Waals surface area contributed by atoms with Gasteiger partial charge in [0, 0.05) is 53.9 Å². The quantitative estimate of drug-likeness (QED) is 0.696. The van der Waals surface area contributed by atoms with Gasteiger partial charge in [0.15, 0.2) is 17.1 Å². The van der Waals surface area contributed by atoms with Gasteiger partial charge in [-0.25, -0.2) is 4.98 Å². The summed E-state index contributed by atoms with van der Waals surface area (Å²) in [5.41, 5.74) is 1.97. The van der Waals surface area contributed by atoms with Gasteiger partial charge in [-0.1, -0.05) is 11.6 Å². The molecule has 1 aromatic carbocycles. The second-order valence-corrected chi connectivity index (χ2v) is 10.2. The lowest BCUT2D eigenvalue weighted by Gasteiger charge is -2.34. The number of nitrogens with one attached hydrogen (secondary N) is 2. The van der Waals surface area contributed by atoms with E-state index >= 15 is 0 Å². The summed E-state index contributed by atoms with van der Waals surface area (Å²) in [6.45, 7) is 6.10. The topological polar surface area (TPSA) is 55.0 Å². The first kappa shape index (κ1) is 22.0. The van der Waals surface area contributed by atoms with E-state index in [9.17, 15) is 0 Å². The maximum Gasteiger partial charge on any atom is 0.199 e. The zero-order valence-corrected chi connectivity index (χ0v) is 19.9. The van der Waals surface area contributed by atoms with Crippen molar-refractivity contribution in [1.82, 2.24) is 15.2 Å². The zero-order chi connectivity index (χ0) is 21.9. The van der Waals surface area contributed by atoms with Crippen molar-refractivity contribution in [2.45, 2.75) is 34.9 Å². The van der Waals surface area contributed by atoms with E-state index in [-0.39, 0.29) is 0 Å². The third kappa shape index (κ3) is 5.07. The van der Waals surface area contributed by atoms with E-state index in [0.29, 0.717) is 12.1 Å². The average Bonchev–Trinajstić information content (AvgIpc) is 3.25. The van der Waals surface area contributed by atoms with Gasteiger partial charge in [0.05, 0.1) is 13.1 Å². The number of dihydropyridines is 1. The van der Waals surface area contributed by atoms with E-state index in [1.807, 2.05) is 24.3 Å². The summed E-state index contributed by atoms with van der Waals surface area (Å²) >= 11 is 7.67. The number of quaternary nitrogens is 1. The fourth-order valence-electron chi connectivity index (χ4n) is 4.40. The first-order valence-corrected chi connectivity index (χ1v) is 12.5. The summed E-state index contributed by atoms with van der Waals surface area (Å²) in [5.74, 6) is 1.13. The number of ether oxygens (including phenoxy) is 1. The monoisotopic (exact) mass is 473 g/mol. The fourth-order valence-corrected chi connectivity index (χ4v) is 5.40. The van der Waals surface area contributed by atoms with Gasteiger partial charge in [-0.3, -0.25) is 4.90 Å². The van der Waals surface area contributed by atoms with Crippen LogP contribution in [0.25, 0.3) is 5.57 Å². The summed E-state index contributed by atoms with van der Waals surface area (Å²) in [6.07, 6.45) is 8.79. The molecule has 6 nitrogen and oxygen atoms in total. The van der Waals surface area contributed by atoms with Crippen LogP contribution in [0.2, 0.25) is 5.02 Å². The Kier molecular flexibility index (Phi) is 6.90. The molecular weight excluding hydrogens is 444 g/mol. The third-order valence-electron chi connectivity index (χ3n) is 6.44. The van der Waals surface area contributed by atoms with Gasteiger partial charge in [0.25, 0.3) is 0 Å². The van der Waals surface area contributed by atoms with Crippen molar-refractivity contribution in [3.05, 3.63) is 59.2 Å². The highest BCUT2D eigenvalue weighted by Crippen LogP contribution is 2.38. The lowest BCUT2D eigenvalue weighted by molar-refractivity contribution is -0.925. The number of benzene rings is 1. The number of hydrogen-bond donors (Lipinski definition) is 2. The van der Waals surface area contributed by atoms with Crippen LogP contribution in [0.15, 0.2) is 57.0 Å². The van der Waals surface area contributed by atoms with Gasteiger partial charge in [-0.15, -0.1) is 0 Å². The van der Waals surface area contributed by atoms with Gasteiger partial charge in [-0.05, 0) is 68.1 Å². The molecule has 4 heterocycles. The molecule has 0 saturated carbocycles. The van der Waals surface area contributed by atoms with Crippen LogP contribution in [0.4, 0.5) is 0 Å². The van der Waals surface area contributed by atoms with Crippen molar-refractivity contribution in [2.24, 2.45) is 0 Å². The van der Waals surface area contributed by atoms with Crippen LogP contribution < -0.4 is 10.2 Å². The van der Waals surface area contributed by atoms with Crippen LogP contribution in [0.5, 0.6) is 0 Å². The Morgan fingerprint density at radius 2 is 1.91 bits per heavy atom. The molecular formula is C24H30ClN4O2S+. The number of rotatable bonds is 5. The van der Waals surface area contributed by atoms with Crippen molar-refractivity contribution < 1.29 is 14.1 Å². The molecule has 5 rings (SSSR count). The molecule has 2 fully saturated rings. The van der Waals surface area contributed by atoms with E-state index < -0.39 is 0 Å². The summed E-state index contributed by atoms with van der Waals surface area (Å²) in [5, 5.41) is 5.17. The molecule has 170 valence electrons. The number of likely N-dealkylation sites (N-methyl/N-ethyl adjacent to an activating group) is 1. The number of hydrogen-bond acceptors (Lipinski definition) is 6.